The van der Waals surface area contributed by atoms with E-state index in [-0.39, 0.29) is 13.2 Å². The van der Waals surface area contributed by atoms with Gasteiger partial charge in [-0.2, -0.15) is 5.26 Å². The number of nitrogens with zero attached hydrogens (tertiary/aromatic N) is 1. The molecule has 17 heavy (non-hydrogen) atoms. The van der Waals surface area contributed by atoms with Gasteiger partial charge in [-0.15, -0.1) is 0 Å². The van der Waals surface area contributed by atoms with Crippen LogP contribution in [0.1, 0.15) is 11.1 Å². The SMILES string of the molecule is Cc1cccc(C#N)c1NCCOCC(=O)O. The fourth-order valence-corrected chi connectivity index (χ4v) is 1.40. The van der Waals surface area contributed by atoms with Gasteiger partial charge in [0.1, 0.15) is 12.7 Å². The lowest BCUT2D eigenvalue weighted by molar-refractivity contribution is -0.142. The minimum atomic E-state index is -0.987. The third-order valence-corrected chi connectivity index (χ3v) is 2.17. The maximum atomic E-state index is 10.2. The molecule has 0 aliphatic carbocycles. The molecule has 5 heteroatoms. The Morgan fingerprint density at radius 2 is 2.35 bits per heavy atom. The molecule has 0 atom stereocenters. The molecule has 0 unspecified atom stereocenters. The molecule has 90 valence electrons. The van der Waals surface area contributed by atoms with Gasteiger partial charge in [0.25, 0.3) is 0 Å². The molecule has 0 heterocycles. The zero-order chi connectivity index (χ0) is 12.7. The van der Waals surface area contributed by atoms with Crippen molar-refractivity contribution in [2.24, 2.45) is 0 Å². The summed E-state index contributed by atoms with van der Waals surface area (Å²) in [5, 5.41) is 20.4. The van der Waals surface area contributed by atoms with E-state index in [1.165, 1.54) is 0 Å². The van der Waals surface area contributed by atoms with E-state index < -0.39 is 5.97 Å². The van der Waals surface area contributed by atoms with E-state index in [9.17, 15) is 4.79 Å². The number of para-hydroxylation sites is 1. The minimum absolute atomic E-state index is 0.283. The van der Waals surface area contributed by atoms with Crippen LogP contribution in [0, 0.1) is 18.3 Å². The van der Waals surface area contributed by atoms with Gasteiger partial charge in [-0.3, -0.25) is 0 Å². The van der Waals surface area contributed by atoms with Crippen molar-refractivity contribution in [2.45, 2.75) is 6.92 Å². The summed E-state index contributed by atoms with van der Waals surface area (Å²) in [6.07, 6.45) is 0. The van der Waals surface area contributed by atoms with Crippen LogP contribution in [0.2, 0.25) is 0 Å². The molecule has 0 bridgehead atoms. The second-order valence-electron chi connectivity index (χ2n) is 3.48. The number of aryl methyl sites for hydroxylation is 1. The molecule has 0 spiro atoms. The highest BCUT2D eigenvalue weighted by Crippen LogP contribution is 2.18. The van der Waals surface area contributed by atoms with Crippen molar-refractivity contribution >= 4 is 11.7 Å². The van der Waals surface area contributed by atoms with Crippen molar-refractivity contribution in [2.75, 3.05) is 25.1 Å². The number of carboxylic acids is 1. The Labute approximate surface area is 99.6 Å². The Kier molecular flexibility index (Phi) is 4.98. The third kappa shape index (κ3) is 4.13. The van der Waals surface area contributed by atoms with Crippen LogP contribution in [-0.4, -0.2) is 30.8 Å². The molecule has 1 aromatic rings. The molecule has 0 saturated carbocycles. The Morgan fingerprint density at radius 1 is 1.59 bits per heavy atom. The Morgan fingerprint density at radius 3 is 3.00 bits per heavy atom. The Hall–Kier alpha value is -2.06. The highest BCUT2D eigenvalue weighted by atomic mass is 16.5. The van der Waals surface area contributed by atoms with Gasteiger partial charge in [0, 0.05) is 6.54 Å². The fraction of sp³-hybridized carbons (Fsp3) is 0.333. The lowest BCUT2D eigenvalue weighted by Crippen LogP contribution is -2.15. The van der Waals surface area contributed by atoms with Gasteiger partial charge in [0.05, 0.1) is 17.9 Å². The monoisotopic (exact) mass is 234 g/mol. The van der Waals surface area contributed by atoms with Gasteiger partial charge in [0.2, 0.25) is 0 Å². The van der Waals surface area contributed by atoms with Crippen molar-refractivity contribution in [1.29, 1.82) is 5.26 Å². The molecule has 0 amide bonds. The molecular weight excluding hydrogens is 220 g/mol. The first-order valence-corrected chi connectivity index (χ1v) is 5.18. The predicted octanol–water partition coefficient (Wildman–Crippen LogP) is 1.38. The number of hydrogen-bond acceptors (Lipinski definition) is 4. The average Bonchev–Trinajstić information content (AvgIpc) is 2.30. The van der Waals surface area contributed by atoms with Crippen molar-refractivity contribution in [3.8, 4) is 6.07 Å². The summed E-state index contributed by atoms with van der Waals surface area (Å²) >= 11 is 0. The first-order valence-electron chi connectivity index (χ1n) is 5.18. The molecule has 1 aromatic carbocycles. The fourth-order valence-electron chi connectivity index (χ4n) is 1.40. The minimum Gasteiger partial charge on any atom is -0.480 e. The maximum Gasteiger partial charge on any atom is 0.329 e. The maximum absolute atomic E-state index is 10.2. The molecule has 0 aliphatic heterocycles. The lowest BCUT2D eigenvalue weighted by atomic mass is 10.1. The quantitative estimate of drug-likeness (QED) is 0.726. The van der Waals surface area contributed by atoms with E-state index in [1.807, 2.05) is 19.1 Å². The highest BCUT2D eigenvalue weighted by molar-refractivity contribution is 5.68. The molecule has 0 radical (unpaired) electrons. The van der Waals surface area contributed by atoms with Crippen LogP contribution in [-0.2, 0) is 9.53 Å². The first-order chi connectivity index (χ1) is 8.15. The molecular formula is C12H14N2O3. The molecule has 0 aliphatic rings. The number of carbonyl (C=O) groups is 1. The van der Waals surface area contributed by atoms with Crippen molar-refractivity contribution in [3.05, 3.63) is 29.3 Å². The van der Waals surface area contributed by atoms with Crippen LogP contribution in [0.4, 0.5) is 5.69 Å². The van der Waals surface area contributed by atoms with Crippen LogP contribution in [0.3, 0.4) is 0 Å². The average molecular weight is 234 g/mol. The summed E-state index contributed by atoms with van der Waals surface area (Å²) in [5.41, 5.74) is 2.32. The molecule has 5 nitrogen and oxygen atoms in total. The molecule has 0 saturated heterocycles. The standard InChI is InChI=1S/C12H14N2O3/c1-9-3-2-4-10(7-13)12(9)14-5-6-17-8-11(15)16/h2-4,14H,5-6,8H2,1H3,(H,15,16). The number of nitriles is 1. The van der Waals surface area contributed by atoms with Gasteiger partial charge < -0.3 is 15.2 Å². The van der Waals surface area contributed by atoms with Crippen LogP contribution in [0.25, 0.3) is 0 Å². The number of anilines is 1. The molecule has 2 N–H and O–H groups in total. The van der Waals surface area contributed by atoms with Gasteiger partial charge in [-0.05, 0) is 18.6 Å². The first kappa shape index (κ1) is 13.0. The van der Waals surface area contributed by atoms with Crippen LogP contribution in [0.5, 0.6) is 0 Å². The molecule has 0 aromatic heterocycles. The summed E-state index contributed by atoms with van der Waals surface area (Å²) in [7, 11) is 0. The van der Waals surface area contributed by atoms with Gasteiger partial charge in [0.15, 0.2) is 0 Å². The van der Waals surface area contributed by atoms with E-state index >= 15 is 0 Å². The highest BCUT2D eigenvalue weighted by Gasteiger charge is 2.04. The summed E-state index contributed by atoms with van der Waals surface area (Å²) in [6.45, 7) is 2.35. The number of hydrogen-bond donors (Lipinski definition) is 2. The number of rotatable bonds is 6. The van der Waals surface area contributed by atoms with Crippen molar-refractivity contribution in [1.82, 2.24) is 0 Å². The zero-order valence-electron chi connectivity index (χ0n) is 9.56. The second kappa shape index (κ2) is 6.51. The Balaban J connectivity index is 2.47. The number of nitrogens with one attached hydrogen (secondary N) is 1. The van der Waals surface area contributed by atoms with E-state index in [4.69, 9.17) is 15.1 Å². The Bertz CT molecular complexity index is 438. The van der Waals surface area contributed by atoms with Crippen LogP contribution in [0.15, 0.2) is 18.2 Å². The van der Waals surface area contributed by atoms with E-state index in [2.05, 4.69) is 11.4 Å². The smallest absolute Gasteiger partial charge is 0.329 e. The van der Waals surface area contributed by atoms with Gasteiger partial charge in [-0.25, -0.2) is 4.79 Å². The zero-order valence-corrected chi connectivity index (χ0v) is 9.56. The number of aliphatic carboxylic acids is 1. The van der Waals surface area contributed by atoms with Gasteiger partial charge >= 0.3 is 5.97 Å². The third-order valence-electron chi connectivity index (χ3n) is 2.17. The molecule has 1 rings (SSSR count). The largest absolute Gasteiger partial charge is 0.480 e. The van der Waals surface area contributed by atoms with Crippen molar-refractivity contribution < 1.29 is 14.6 Å². The molecule has 0 fully saturated rings. The summed E-state index contributed by atoms with van der Waals surface area (Å²) in [5.74, 6) is -0.987. The van der Waals surface area contributed by atoms with E-state index in [0.29, 0.717) is 12.1 Å². The predicted molar refractivity (Wildman–Crippen MR) is 62.8 cm³/mol. The van der Waals surface area contributed by atoms with Crippen LogP contribution < -0.4 is 5.32 Å². The van der Waals surface area contributed by atoms with E-state index in [1.54, 1.807) is 6.07 Å². The topological polar surface area (TPSA) is 82.3 Å². The van der Waals surface area contributed by atoms with Crippen LogP contribution >= 0.6 is 0 Å². The normalized spacial score (nSPS) is 9.65. The second-order valence-corrected chi connectivity index (χ2v) is 3.48. The number of carboxylic acid groups (broad SMARTS) is 1. The van der Waals surface area contributed by atoms with Crippen molar-refractivity contribution in [3.63, 3.8) is 0 Å². The number of benzene rings is 1. The van der Waals surface area contributed by atoms with E-state index in [0.717, 1.165) is 11.3 Å². The summed E-state index contributed by atoms with van der Waals surface area (Å²) in [4.78, 5) is 10.2. The summed E-state index contributed by atoms with van der Waals surface area (Å²) < 4.78 is 4.89. The number of ether oxygens (including phenoxy) is 1. The lowest BCUT2D eigenvalue weighted by Gasteiger charge is -2.10. The summed E-state index contributed by atoms with van der Waals surface area (Å²) in [6, 6.07) is 7.55. The van der Waals surface area contributed by atoms with Gasteiger partial charge in [-0.1, -0.05) is 12.1 Å².